The van der Waals surface area contributed by atoms with Gasteiger partial charge in [0.1, 0.15) is 6.07 Å². The van der Waals surface area contributed by atoms with E-state index in [-0.39, 0.29) is 0 Å². The van der Waals surface area contributed by atoms with Gasteiger partial charge in [0.05, 0.1) is 23.6 Å². The Balaban J connectivity index is 2.43. The molecule has 0 radical (unpaired) electrons. The maximum atomic E-state index is 8.58. The van der Waals surface area contributed by atoms with E-state index < -0.39 is 0 Å². The Morgan fingerprint density at radius 3 is 2.92 bits per heavy atom. The Kier molecular flexibility index (Phi) is 1.77. The molecule has 2 heterocycles. The van der Waals surface area contributed by atoms with Gasteiger partial charge in [0.25, 0.3) is 0 Å². The first-order valence-corrected chi connectivity index (χ1v) is 3.75. The van der Waals surface area contributed by atoms with E-state index >= 15 is 0 Å². The summed E-state index contributed by atoms with van der Waals surface area (Å²) in [6.45, 7) is 0. The van der Waals surface area contributed by atoms with E-state index in [0.717, 1.165) is 5.69 Å². The number of pyridine rings is 1. The topological polar surface area (TPSA) is 54.5 Å². The third-order valence-electron chi connectivity index (χ3n) is 1.62. The highest BCUT2D eigenvalue weighted by molar-refractivity contribution is 5.31. The highest BCUT2D eigenvalue weighted by Crippen LogP contribution is 2.04. The first kappa shape index (κ1) is 7.50. The van der Waals surface area contributed by atoms with Crippen molar-refractivity contribution in [2.45, 2.75) is 0 Å². The molecule has 0 saturated heterocycles. The predicted octanol–water partition coefficient (Wildman–Crippen LogP) is 1.14. The molecule has 0 amide bonds. The minimum atomic E-state index is 0.545. The molecule has 13 heavy (non-hydrogen) atoms. The van der Waals surface area contributed by atoms with E-state index in [4.69, 9.17) is 5.26 Å². The summed E-state index contributed by atoms with van der Waals surface area (Å²) in [7, 11) is 0. The molecule has 2 rings (SSSR count). The van der Waals surface area contributed by atoms with Crippen LogP contribution in [0.3, 0.4) is 0 Å². The third-order valence-corrected chi connectivity index (χ3v) is 1.62. The Morgan fingerprint density at radius 1 is 1.38 bits per heavy atom. The lowest BCUT2D eigenvalue weighted by Gasteiger charge is -1.97. The van der Waals surface area contributed by atoms with Gasteiger partial charge in [-0.2, -0.15) is 10.4 Å². The maximum Gasteiger partial charge on any atom is 0.102 e. The van der Waals surface area contributed by atoms with E-state index in [0.29, 0.717) is 5.56 Å². The van der Waals surface area contributed by atoms with Crippen molar-refractivity contribution in [1.29, 1.82) is 5.26 Å². The predicted molar refractivity (Wildman–Crippen MR) is 46.1 cm³/mol. The zero-order valence-corrected chi connectivity index (χ0v) is 6.75. The van der Waals surface area contributed by atoms with Crippen LogP contribution < -0.4 is 0 Å². The molecule has 2 aromatic heterocycles. The summed E-state index contributed by atoms with van der Waals surface area (Å²) in [6, 6.07) is 5.71. The molecule has 0 aromatic carbocycles. The van der Waals surface area contributed by atoms with Crippen LogP contribution in [0.15, 0.2) is 36.9 Å². The summed E-state index contributed by atoms with van der Waals surface area (Å²) in [4.78, 5) is 3.95. The Labute approximate surface area is 75.1 Å². The maximum absolute atomic E-state index is 8.58. The van der Waals surface area contributed by atoms with Crippen LogP contribution in [0.25, 0.3) is 5.69 Å². The van der Waals surface area contributed by atoms with Crippen LogP contribution in [-0.4, -0.2) is 14.8 Å². The number of nitrogens with zero attached hydrogens (tertiary/aromatic N) is 4. The fraction of sp³-hybridized carbons (Fsp3) is 0. The molecular formula is C9H6N4. The van der Waals surface area contributed by atoms with E-state index in [1.165, 1.54) is 6.20 Å². The van der Waals surface area contributed by atoms with Crippen LogP contribution in [0.1, 0.15) is 5.56 Å². The minimum Gasteiger partial charge on any atom is -0.262 e. The molecule has 4 nitrogen and oxygen atoms in total. The summed E-state index contributed by atoms with van der Waals surface area (Å²) in [5.41, 5.74) is 1.40. The number of nitriles is 1. The molecule has 2 aromatic rings. The SMILES string of the molecule is N#Cc1cnn(-c2cccnc2)c1. The second-order valence-corrected chi connectivity index (χ2v) is 2.50. The molecule has 0 N–H and O–H groups in total. The molecule has 0 saturated carbocycles. The van der Waals surface area contributed by atoms with Gasteiger partial charge in [-0.3, -0.25) is 4.98 Å². The first-order chi connectivity index (χ1) is 6.40. The van der Waals surface area contributed by atoms with Gasteiger partial charge in [-0.05, 0) is 12.1 Å². The van der Waals surface area contributed by atoms with Gasteiger partial charge in [0.2, 0.25) is 0 Å². The Morgan fingerprint density at radius 2 is 2.31 bits per heavy atom. The molecular weight excluding hydrogens is 164 g/mol. The molecule has 0 aliphatic heterocycles. The summed E-state index contributed by atoms with van der Waals surface area (Å²) >= 11 is 0. The minimum absolute atomic E-state index is 0.545. The lowest BCUT2D eigenvalue weighted by atomic mass is 10.4. The molecule has 62 valence electrons. The summed E-state index contributed by atoms with van der Waals surface area (Å²) in [5, 5.41) is 12.6. The number of aromatic nitrogens is 3. The fourth-order valence-corrected chi connectivity index (χ4v) is 1.01. The van der Waals surface area contributed by atoms with Crippen molar-refractivity contribution in [2.24, 2.45) is 0 Å². The molecule has 0 aliphatic carbocycles. The lowest BCUT2D eigenvalue weighted by molar-refractivity contribution is 0.874. The standard InChI is InChI=1S/C9H6N4/c10-4-8-5-12-13(7-8)9-2-1-3-11-6-9/h1-3,5-7H. The molecule has 0 bridgehead atoms. The van der Waals surface area contributed by atoms with Gasteiger partial charge >= 0.3 is 0 Å². The third kappa shape index (κ3) is 1.40. The van der Waals surface area contributed by atoms with E-state index in [2.05, 4.69) is 10.1 Å². The largest absolute Gasteiger partial charge is 0.262 e. The molecule has 0 aliphatic rings. The van der Waals surface area contributed by atoms with Gasteiger partial charge in [-0.25, -0.2) is 4.68 Å². The number of hydrogen-bond donors (Lipinski definition) is 0. The van der Waals surface area contributed by atoms with Crippen LogP contribution in [0.4, 0.5) is 0 Å². The van der Waals surface area contributed by atoms with Crippen LogP contribution in [-0.2, 0) is 0 Å². The quantitative estimate of drug-likeness (QED) is 0.644. The van der Waals surface area contributed by atoms with E-state index in [1.807, 2.05) is 18.2 Å². The van der Waals surface area contributed by atoms with Gasteiger partial charge in [-0.15, -0.1) is 0 Å². The highest BCUT2D eigenvalue weighted by Gasteiger charge is 1.98. The highest BCUT2D eigenvalue weighted by atomic mass is 15.3. The molecule has 0 spiro atoms. The van der Waals surface area contributed by atoms with Gasteiger partial charge < -0.3 is 0 Å². The van der Waals surface area contributed by atoms with Gasteiger partial charge in [-0.1, -0.05) is 0 Å². The van der Waals surface area contributed by atoms with Crippen molar-refractivity contribution >= 4 is 0 Å². The molecule has 0 atom stereocenters. The molecule has 0 unspecified atom stereocenters. The van der Waals surface area contributed by atoms with Crippen LogP contribution in [0.5, 0.6) is 0 Å². The Hall–Kier alpha value is -2.15. The second kappa shape index (κ2) is 3.07. The van der Waals surface area contributed by atoms with Crippen molar-refractivity contribution in [1.82, 2.24) is 14.8 Å². The zero-order chi connectivity index (χ0) is 9.10. The van der Waals surface area contributed by atoms with Crippen molar-refractivity contribution in [3.8, 4) is 11.8 Å². The van der Waals surface area contributed by atoms with Crippen molar-refractivity contribution < 1.29 is 0 Å². The molecule has 0 fully saturated rings. The monoisotopic (exact) mass is 170 g/mol. The Bertz CT molecular complexity index is 438. The summed E-state index contributed by atoms with van der Waals surface area (Å²) in [6.07, 6.45) is 6.57. The molecule has 4 heteroatoms. The smallest absolute Gasteiger partial charge is 0.102 e. The van der Waals surface area contributed by atoms with Crippen molar-refractivity contribution in [3.05, 3.63) is 42.5 Å². The average molecular weight is 170 g/mol. The first-order valence-electron chi connectivity index (χ1n) is 3.75. The average Bonchev–Trinajstić information content (AvgIpc) is 2.67. The van der Waals surface area contributed by atoms with Crippen LogP contribution in [0.2, 0.25) is 0 Å². The van der Waals surface area contributed by atoms with Crippen LogP contribution >= 0.6 is 0 Å². The van der Waals surface area contributed by atoms with E-state index in [9.17, 15) is 0 Å². The van der Waals surface area contributed by atoms with Gasteiger partial charge in [0.15, 0.2) is 0 Å². The normalized spacial score (nSPS) is 9.46. The lowest BCUT2D eigenvalue weighted by Crippen LogP contribution is -1.93. The summed E-state index contributed by atoms with van der Waals surface area (Å²) < 4.78 is 1.62. The number of hydrogen-bond acceptors (Lipinski definition) is 3. The fourth-order valence-electron chi connectivity index (χ4n) is 1.01. The number of rotatable bonds is 1. The zero-order valence-electron chi connectivity index (χ0n) is 6.75. The summed E-state index contributed by atoms with van der Waals surface area (Å²) in [5.74, 6) is 0. The van der Waals surface area contributed by atoms with E-state index in [1.54, 1.807) is 23.3 Å². The van der Waals surface area contributed by atoms with Crippen molar-refractivity contribution in [3.63, 3.8) is 0 Å². The second-order valence-electron chi connectivity index (χ2n) is 2.50. The van der Waals surface area contributed by atoms with Crippen molar-refractivity contribution in [2.75, 3.05) is 0 Å². The van der Waals surface area contributed by atoms with Crippen LogP contribution in [0, 0.1) is 11.3 Å². The van der Waals surface area contributed by atoms with Gasteiger partial charge in [0, 0.05) is 12.4 Å².